The zero-order chi connectivity index (χ0) is 11.3. The third kappa shape index (κ3) is 3.70. The normalized spacial score (nSPS) is 11.4. The van der Waals surface area contributed by atoms with Crippen molar-refractivity contribution in [2.24, 2.45) is 0 Å². The Hall–Kier alpha value is -1.85. The second-order valence-electron chi connectivity index (χ2n) is 2.69. The van der Waals surface area contributed by atoms with E-state index < -0.39 is 17.8 Å². The molecule has 0 aliphatic rings. The van der Waals surface area contributed by atoms with E-state index in [1.54, 1.807) is 0 Å². The molecule has 0 aliphatic heterocycles. The first kappa shape index (κ1) is 12.2. The van der Waals surface area contributed by atoms with E-state index in [2.05, 4.69) is 10.9 Å². The molecule has 0 aromatic carbocycles. The minimum atomic E-state index is -1.17. The van der Waals surface area contributed by atoms with Gasteiger partial charge in [-0.1, -0.05) is 0 Å². The van der Waals surface area contributed by atoms with E-state index in [-0.39, 0.29) is 11.1 Å². The third-order valence-corrected chi connectivity index (χ3v) is 1.58. The summed E-state index contributed by atoms with van der Waals surface area (Å²) in [7, 11) is 0. The molecule has 0 fully saturated rings. The average molecular weight is 200 g/mol. The smallest absolute Gasteiger partial charge is 0.331 e. The minimum Gasteiger partial charge on any atom is -0.478 e. The number of carbonyl (C=O) groups excluding carboxylic acids is 2. The van der Waals surface area contributed by atoms with Crippen LogP contribution in [0.2, 0.25) is 0 Å². The van der Waals surface area contributed by atoms with E-state index in [1.807, 2.05) is 0 Å². The molecule has 3 N–H and O–H groups in total. The van der Waals surface area contributed by atoms with E-state index >= 15 is 0 Å². The summed E-state index contributed by atoms with van der Waals surface area (Å²) in [5.74, 6) is -2.24. The zero-order valence-electron chi connectivity index (χ0n) is 8.17. The van der Waals surface area contributed by atoms with Gasteiger partial charge in [-0.15, -0.1) is 0 Å². The molecule has 0 rings (SSSR count). The second-order valence-corrected chi connectivity index (χ2v) is 2.69. The molecule has 0 spiro atoms. The van der Waals surface area contributed by atoms with Crippen molar-refractivity contribution in [3.8, 4) is 0 Å². The highest BCUT2D eigenvalue weighted by Crippen LogP contribution is 2.02. The first-order chi connectivity index (χ1) is 6.36. The Bertz CT molecular complexity index is 306. The molecule has 0 radical (unpaired) electrons. The fourth-order valence-corrected chi connectivity index (χ4v) is 0.569. The van der Waals surface area contributed by atoms with Crippen molar-refractivity contribution in [1.29, 1.82) is 0 Å². The zero-order valence-corrected chi connectivity index (χ0v) is 8.17. The second kappa shape index (κ2) is 5.00. The monoisotopic (exact) mass is 200 g/mol. The largest absolute Gasteiger partial charge is 0.478 e. The van der Waals surface area contributed by atoms with Gasteiger partial charge < -0.3 is 5.11 Å². The van der Waals surface area contributed by atoms with Crippen molar-refractivity contribution in [1.82, 2.24) is 10.9 Å². The molecular formula is C8H12N2O4. The van der Waals surface area contributed by atoms with Crippen LogP contribution in [0.25, 0.3) is 0 Å². The molecule has 0 aromatic rings. The molecule has 14 heavy (non-hydrogen) atoms. The Kier molecular flexibility index (Phi) is 4.34. The number of nitrogens with one attached hydrogen (secondary N) is 2. The van der Waals surface area contributed by atoms with Crippen LogP contribution in [0.5, 0.6) is 0 Å². The molecule has 0 saturated carbocycles. The summed E-state index contributed by atoms with van der Waals surface area (Å²) in [4.78, 5) is 32.0. The Labute approximate surface area is 81.0 Å². The molecule has 6 nitrogen and oxygen atoms in total. The Morgan fingerprint density at radius 2 is 1.43 bits per heavy atom. The van der Waals surface area contributed by atoms with Gasteiger partial charge in [-0.2, -0.15) is 0 Å². The van der Waals surface area contributed by atoms with Crippen molar-refractivity contribution in [3.63, 3.8) is 0 Å². The highest BCUT2D eigenvalue weighted by atomic mass is 16.4. The molecule has 0 atom stereocenters. The predicted octanol–water partition coefficient (Wildman–Crippen LogP) is -0.425. The van der Waals surface area contributed by atoms with Gasteiger partial charge in [-0.25, -0.2) is 4.79 Å². The lowest BCUT2D eigenvalue weighted by molar-refractivity contribution is -0.133. The van der Waals surface area contributed by atoms with Crippen molar-refractivity contribution >= 4 is 17.8 Å². The Morgan fingerprint density at radius 3 is 1.79 bits per heavy atom. The number of carboxylic acids is 1. The summed E-state index contributed by atoms with van der Waals surface area (Å²) >= 11 is 0. The summed E-state index contributed by atoms with van der Waals surface area (Å²) in [6, 6.07) is 0. The van der Waals surface area contributed by atoms with Gasteiger partial charge in [-0.05, 0) is 13.8 Å². The number of rotatable bonds is 2. The third-order valence-electron chi connectivity index (χ3n) is 1.58. The number of amides is 2. The highest BCUT2D eigenvalue weighted by molar-refractivity contribution is 6.01. The predicted molar refractivity (Wildman–Crippen MR) is 48.0 cm³/mol. The summed E-state index contributed by atoms with van der Waals surface area (Å²) in [5.41, 5.74) is 4.10. The van der Waals surface area contributed by atoms with Gasteiger partial charge in [-0.3, -0.25) is 20.4 Å². The van der Waals surface area contributed by atoms with E-state index in [0.29, 0.717) is 0 Å². The van der Waals surface area contributed by atoms with E-state index in [4.69, 9.17) is 5.11 Å². The van der Waals surface area contributed by atoms with Crippen LogP contribution in [0.15, 0.2) is 11.1 Å². The van der Waals surface area contributed by atoms with Crippen LogP contribution in [0.1, 0.15) is 20.8 Å². The van der Waals surface area contributed by atoms with Crippen molar-refractivity contribution in [2.75, 3.05) is 0 Å². The Balaban J connectivity index is 4.47. The van der Waals surface area contributed by atoms with Gasteiger partial charge in [0, 0.05) is 18.1 Å². The summed E-state index contributed by atoms with van der Waals surface area (Å²) < 4.78 is 0. The molecule has 6 heteroatoms. The van der Waals surface area contributed by atoms with E-state index in [9.17, 15) is 14.4 Å². The standard InChI is InChI=1S/C8H12N2O4/c1-4(5(2)8(13)14)7(12)10-9-6(3)11/h1-3H3,(H,9,11)(H,10,12)(H,13,14)/b5-4-. The van der Waals surface area contributed by atoms with Crippen LogP contribution in [0.3, 0.4) is 0 Å². The van der Waals surface area contributed by atoms with Gasteiger partial charge in [0.1, 0.15) is 0 Å². The fourth-order valence-electron chi connectivity index (χ4n) is 0.569. The lowest BCUT2D eigenvalue weighted by Crippen LogP contribution is -2.41. The van der Waals surface area contributed by atoms with Crippen LogP contribution in [-0.2, 0) is 14.4 Å². The molecule has 0 saturated heterocycles. The Morgan fingerprint density at radius 1 is 0.929 bits per heavy atom. The quantitative estimate of drug-likeness (QED) is 0.416. The number of hydrogen-bond donors (Lipinski definition) is 3. The van der Waals surface area contributed by atoms with E-state index in [0.717, 1.165) is 0 Å². The van der Waals surface area contributed by atoms with Crippen molar-refractivity contribution in [3.05, 3.63) is 11.1 Å². The van der Waals surface area contributed by atoms with Gasteiger partial charge >= 0.3 is 5.97 Å². The minimum absolute atomic E-state index is 0.0475. The number of carboxylic acid groups (broad SMARTS) is 1. The number of carbonyl (C=O) groups is 3. The lowest BCUT2D eigenvalue weighted by Gasteiger charge is -2.06. The molecule has 2 amide bonds. The van der Waals surface area contributed by atoms with Crippen LogP contribution in [0, 0.1) is 0 Å². The van der Waals surface area contributed by atoms with Crippen LogP contribution >= 0.6 is 0 Å². The molecule has 0 heterocycles. The number of hydrazine groups is 1. The maximum atomic E-state index is 11.1. The summed E-state index contributed by atoms with van der Waals surface area (Å²) in [6.07, 6.45) is 0. The highest BCUT2D eigenvalue weighted by Gasteiger charge is 2.12. The fraction of sp³-hybridized carbons (Fsp3) is 0.375. The van der Waals surface area contributed by atoms with Crippen molar-refractivity contribution in [2.45, 2.75) is 20.8 Å². The SMILES string of the molecule is CC(=O)NNC(=O)/C(C)=C(/C)C(=O)O. The lowest BCUT2D eigenvalue weighted by atomic mass is 10.1. The summed E-state index contributed by atoms with van der Waals surface area (Å²) in [5, 5.41) is 8.55. The van der Waals surface area contributed by atoms with Crippen LogP contribution in [-0.4, -0.2) is 22.9 Å². The maximum Gasteiger partial charge on any atom is 0.331 e. The summed E-state index contributed by atoms with van der Waals surface area (Å²) in [6.45, 7) is 3.90. The molecule has 0 unspecified atom stereocenters. The van der Waals surface area contributed by atoms with Gasteiger partial charge in [0.05, 0.1) is 0 Å². The maximum absolute atomic E-state index is 11.1. The molecule has 0 aliphatic carbocycles. The first-order valence-corrected chi connectivity index (χ1v) is 3.84. The van der Waals surface area contributed by atoms with E-state index in [1.165, 1.54) is 20.8 Å². The molecular weight excluding hydrogens is 188 g/mol. The van der Waals surface area contributed by atoms with Crippen LogP contribution < -0.4 is 10.9 Å². The van der Waals surface area contributed by atoms with Gasteiger partial charge in [0.25, 0.3) is 5.91 Å². The number of aliphatic carboxylic acids is 1. The van der Waals surface area contributed by atoms with Gasteiger partial charge in [0.2, 0.25) is 5.91 Å². The van der Waals surface area contributed by atoms with Gasteiger partial charge in [0.15, 0.2) is 0 Å². The first-order valence-electron chi connectivity index (χ1n) is 3.84. The molecule has 0 bridgehead atoms. The molecule has 78 valence electrons. The van der Waals surface area contributed by atoms with Crippen LogP contribution in [0.4, 0.5) is 0 Å². The molecule has 0 aromatic heterocycles. The average Bonchev–Trinajstić information content (AvgIpc) is 2.11. The number of hydrogen-bond acceptors (Lipinski definition) is 3. The van der Waals surface area contributed by atoms with Crippen molar-refractivity contribution < 1.29 is 19.5 Å². The topological polar surface area (TPSA) is 95.5 Å².